The number of carbonyl (C=O) groups excluding carboxylic acids is 1. The first-order chi connectivity index (χ1) is 14.2. The Hall–Kier alpha value is -1.84. The lowest BCUT2D eigenvalue weighted by Crippen LogP contribution is -2.14. The van der Waals surface area contributed by atoms with Gasteiger partial charge in [-0.25, -0.2) is 4.98 Å². The van der Waals surface area contributed by atoms with Crippen LogP contribution in [0.15, 0.2) is 40.7 Å². The van der Waals surface area contributed by atoms with Crippen molar-refractivity contribution in [1.82, 2.24) is 4.98 Å². The van der Waals surface area contributed by atoms with E-state index in [0.717, 1.165) is 20.5 Å². The molecule has 156 valence electrons. The number of benzene rings is 2. The lowest BCUT2D eigenvalue weighted by Gasteiger charge is -2.06. The molecular weight excluding hydrogens is 489 g/mol. The molecule has 11 heteroatoms. The van der Waals surface area contributed by atoms with Crippen LogP contribution in [0.2, 0.25) is 15.1 Å². The van der Waals surface area contributed by atoms with Crippen LogP contribution in [0.5, 0.6) is 0 Å². The van der Waals surface area contributed by atoms with Crippen molar-refractivity contribution in [3.05, 3.63) is 77.7 Å². The normalized spacial score (nSPS) is 10.8. The number of nitrogens with one attached hydrogen (secondary N) is 1. The molecule has 1 aromatic heterocycles. The maximum absolute atomic E-state index is 12.2. The molecule has 1 heterocycles. The number of anilines is 1. The molecule has 0 aliphatic rings. The van der Waals surface area contributed by atoms with Crippen molar-refractivity contribution in [2.45, 2.75) is 17.7 Å². The van der Waals surface area contributed by atoms with E-state index in [1.54, 1.807) is 12.1 Å². The van der Waals surface area contributed by atoms with Crippen LogP contribution in [0.25, 0.3) is 0 Å². The number of nitrogens with zero attached hydrogens (tertiary/aromatic N) is 2. The van der Waals surface area contributed by atoms with Crippen LogP contribution < -0.4 is 5.32 Å². The van der Waals surface area contributed by atoms with Crippen LogP contribution in [0.3, 0.4) is 0 Å². The maximum Gasteiger partial charge on any atom is 0.271 e. The third-order valence-corrected chi connectivity index (χ3v) is 7.21. The summed E-state index contributed by atoms with van der Waals surface area (Å²) in [6.45, 7) is 1.91. The summed E-state index contributed by atoms with van der Waals surface area (Å²) < 4.78 is 0.755. The van der Waals surface area contributed by atoms with E-state index in [9.17, 15) is 14.9 Å². The number of nitro groups is 1. The number of aromatic nitrogens is 1. The predicted molar refractivity (Wildman–Crippen MR) is 124 cm³/mol. The van der Waals surface area contributed by atoms with Gasteiger partial charge in [0.15, 0.2) is 4.34 Å². The summed E-state index contributed by atoms with van der Waals surface area (Å²) in [6, 6.07) is 9.22. The average Bonchev–Trinajstić information content (AvgIpc) is 3.04. The van der Waals surface area contributed by atoms with E-state index in [4.69, 9.17) is 34.8 Å². The molecule has 0 bridgehead atoms. The number of rotatable bonds is 7. The Morgan fingerprint density at radius 3 is 2.67 bits per heavy atom. The second-order valence-corrected chi connectivity index (χ2v) is 9.72. The molecule has 0 radical (unpaired) electrons. The van der Waals surface area contributed by atoms with E-state index in [1.165, 1.54) is 41.3 Å². The minimum Gasteiger partial charge on any atom is -0.324 e. The Morgan fingerprint density at radius 2 is 1.97 bits per heavy atom. The number of thioether (sulfide) groups is 1. The van der Waals surface area contributed by atoms with Gasteiger partial charge in [-0.15, -0.1) is 11.3 Å². The van der Waals surface area contributed by atoms with Crippen molar-refractivity contribution in [1.29, 1.82) is 0 Å². The summed E-state index contributed by atoms with van der Waals surface area (Å²) in [4.78, 5) is 28.0. The highest BCUT2D eigenvalue weighted by Crippen LogP contribution is 2.32. The molecular formula is C19H14Cl3N3O3S2. The van der Waals surface area contributed by atoms with Crippen LogP contribution >= 0.6 is 57.9 Å². The predicted octanol–water partition coefficient (Wildman–Crippen LogP) is 6.64. The van der Waals surface area contributed by atoms with Crippen LogP contribution in [0.4, 0.5) is 11.4 Å². The Bertz CT molecular complexity index is 1120. The van der Waals surface area contributed by atoms with Gasteiger partial charge in [0, 0.05) is 33.5 Å². The molecule has 1 amide bonds. The van der Waals surface area contributed by atoms with Gasteiger partial charge in [0.1, 0.15) is 0 Å². The number of non-ortho nitro benzene ring substituents is 1. The molecule has 0 saturated carbocycles. The fourth-order valence-electron chi connectivity index (χ4n) is 2.51. The lowest BCUT2D eigenvalue weighted by molar-refractivity contribution is -0.384. The van der Waals surface area contributed by atoms with Gasteiger partial charge in [0.2, 0.25) is 5.91 Å². The quantitative estimate of drug-likeness (QED) is 0.222. The van der Waals surface area contributed by atoms with Gasteiger partial charge < -0.3 is 5.32 Å². The smallest absolute Gasteiger partial charge is 0.271 e. The summed E-state index contributed by atoms with van der Waals surface area (Å²) in [6.07, 6.45) is 0.605. The summed E-state index contributed by atoms with van der Waals surface area (Å²) in [7, 11) is 0. The summed E-state index contributed by atoms with van der Waals surface area (Å²) in [5.41, 5.74) is 1.97. The van der Waals surface area contributed by atoms with Crippen LogP contribution in [-0.4, -0.2) is 21.6 Å². The summed E-state index contributed by atoms with van der Waals surface area (Å²) >= 11 is 21.1. The zero-order valence-corrected chi connectivity index (χ0v) is 19.3. The number of halogens is 3. The van der Waals surface area contributed by atoms with E-state index in [2.05, 4.69) is 10.3 Å². The molecule has 6 nitrogen and oxygen atoms in total. The molecule has 0 fully saturated rings. The van der Waals surface area contributed by atoms with Gasteiger partial charge in [-0.3, -0.25) is 14.9 Å². The van der Waals surface area contributed by atoms with Crippen molar-refractivity contribution < 1.29 is 9.72 Å². The number of aryl methyl sites for hydroxylation is 1. The molecule has 30 heavy (non-hydrogen) atoms. The lowest BCUT2D eigenvalue weighted by atomic mass is 10.1. The molecule has 0 aliphatic carbocycles. The van der Waals surface area contributed by atoms with Gasteiger partial charge >= 0.3 is 0 Å². The number of carbonyl (C=O) groups is 1. The monoisotopic (exact) mass is 501 g/mol. The van der Waals surface area contributed by atoms with Crippen molar-refractivity contribution >= 4 is 75.2 Å². The third kappa shape index (κ3) is 5.86. The Labute approximate surface area is 195 Å². The Kier molecular flexibility index (Phi) is 7.60. The van der Waals surface area contributed by atoms with E-state index in [1.807, 2.05) is 13.0 Å². The highest BCUT2D eigenvalue weighted by Gasteiger charge is 2.14. The van der Waals surface area contributed by atoms with E-state index in [-0.39, 0.29) is 22.4 Å². The fourth-order valence-corrected chi connectivity index (χ4v) is 5.17. The van der Waals surface area contributed by atoms with Gasteiger partial charge in [0.25, 0.3) is 5.69 Å². The van der Waals surface area contributed by atoms with Crippen LogP contribution in [0.1, 0.15) is 16.1 Å². The maximum atomic E-state index is 12.2. The number of nitro benzene ring substituents is 1. The molecule has 0 saturated heterocycles. The molecule has 3 rings (SSSR count). The van der Waals surface area contributed by atoms with Crippen molar-refractivity contribution in [2.24, 2.45) is 0 Å². The largest absolute Gasteiger partial charge is 0.324 e. The highest BCUT2D eigenvalue weighted by atomic mass is 35.5. The molecule has 0 spiro atoms. The Morgan fingerprint density at radius 1 is 1.20 bits per heavy atom. The van der Waals surface area contributed by atoms with Crippen LogP contribution in [0, 0.1) is 17.0 Å². The molecule has 0 atom stereocenters. The molecule has 2 aromatic carbocycles. The first-order valence-electron chi connectivity index (χ1n) is 8.49. The average molecular weight is 503 g/mol. The van der Waals surface area contributed by atoms with Crippen molar-refractivity contribution in [3.63, 3.8) is 0 Å². The second kappa shape index (κ2) is 9.98. The summed E-state index contributed by atoms with van der Waals surface area (Å²) in [5, 5.41) is 14.8. The minimum atomic E-state index is -0.549. The third-order valence-electron chi connectivity index (χ3n) is 4.00. The first kappa shape index (κ1) is 22.8. The minimum absolute atomic E-state index is 0.105. The fraction of sp³-hybridized carbons (Fsp3) is 0.158. The first-order valence-corrected chi connectivity index (χ1v) is 11.4. The van der Waals surface area contributed by atoms with Crippen molar-refractivity contribution in [2.75, 3.05) is 11.1 Å². The Balaban J connectivity index is 1.61. The number of hydrogen-bond donors (Lipinski definition) is 1. The zero-order chi connectivity index (χ0) is 21.8. The molecule has 0 aliphatic heterocycles. The molecule has 3 aromatic rings. The van der Waals surface area contributed by atoms with E-state index in [0.29, 0.717) is 22.2 Å². The molecule has 0 unspecified atom stereocenters. The van der Waals surface area contributed by atoms with Gasteiger partial charge in [0.05, 0.1) is 27.1 Å². The highest BCUT2D eigenvalue weighted by molar-refractivity contribution is 8.01. The number of amides is 1. The van der Waals surface area contributed by atoms with Gasteiger partial charge in [-0.2, -0.15) is 0 Å². The second-order valence-electron chi connectivity index (χ2n) is 6.16. The van der Waals surface area contributed by atoms with E-state index < -0.39 is 4.92 Å². The van der Waals surface area contributed by atoms with Crippen LogP contribution in [-0.2, 0) is 11.2 Å². The van der Waals surface area contributed by atoms with Gasteiger partial charge in [-0.05, 0) is 36.8 Å². The zero-order valence-electron chi connectivity index (χ0n) is 15.4. The number of hydrogen-bond acceptors (Lipinski definition) is 6. The van der Waals surface area contributed by atoms with Crippen molar-refractivity contribution in [3.8, 4) is 0 Å². The standard InChI is InChI=1S/C19H14Cl3N3O3S2/c1-10-17(7-11-6-12(20)2-4-14(11)21)30-19(23-10)29-9-18(26)24-16-5-3-13(25(27)28)8-15(16)22/h2-6,8H,7,9H2,1H3,(H,24,26). The number of thiazole rings is 1. The summed E-state index contributed by atoms with van der Waals surface area (Å²) in [5.74, 6) is -0.166. The van der Waals surface area contributed by atoms with E-state index >= 15 is 0 Å². The van der Waals surface area contributed by atoms with Gasteiger partial charge in [-0.1, -0.05) is 46.6 Å². The SMILES string of the molecule is Cc1nc(SCC(=O)Nc2ccc([N+](=O)[O-])cc2Cl)sc1Cc1cc(Cl)ccc1Cl. The topological polar surface area (TPSA) is 85.1 Å². The molecule has 1 N–H and O–H groups in total.